The van der Waals surface area contributed by atoms with Crippen LogP contribution in [0.25, 0.3) is 10.6 Å². The molecule has 0 atom stereocenters. The number of anilines is 1. The molecule has 2 amide bonds. The number of amides is 2. The van der Waals surface area contributed by atoms with E-state index in [0.29, 0.717) is 18.7 Å². The first-order valence-electron chi connectivity index (χ1n) is 10.7. The summed E-state index contributed by atoms with van der Waals surface area (Å²) < 4.78 is 0. The third-order valence-corrected chi connectivity index (χ3v) is 6.39. The Morgan fingerprint density at radius 2 is 1.69 bits per heavy atom. The first kappa shape index (κ1) is 22.0. The lowest BCUT2D eigenvalue weighted by Crippen LogP contribution is -2.48. The van der Waals surface area contributed by atoms with Crippen molar-refractivity contribution >= 4 is 28.8 Å². The van der Waals surface area contributed by atoms with Crippen molar-refractivity contribution in [1.82, 2.24) is 20.7 Å². The minimum Gasteiger partial charge on any atom is -0.369 e. The summed E-state index contributed by atoms with van der Waals surface area (Å²) in [5.41, 5.74) is 8.64. The zero-order chi connectivity index (χ0) is 22.3. The molecule has 1 aromatic heterocycles. The number of thiazole rings is 1. The summed E-state index contributed by atoms with van der Waals surface area (Å²) in [5.74, 6) is -0.623. The number of hydrogen-bond acceptors (Lipinski definition) is 6. The highest BCUT2D eigenvalue weighted by Crippen LogP contribution is 2.24. The van der Waals surface area contributed by atoms with Crippen molar-refractivity contribution in [2.24, 2.45) is 0 Å². The molecule has 0 bridgehead atoms. The number of carbonyl (C=O) groups is 2. The summed E-state index contributed by atoms with van der Waals surface area (Å²) in [7, 11) is 0. The quantitative estimate of drug-likeness (QED) is 0.566. The molecule has 2 N–H and O–H groups in total. The Morgan fingerprint density at radius 3 is 2.41 bits per heavy atom. The third kappa shape index (κ3) is 5.72. The molecule has 3 aromatic rings. The maximum atomic E-state index is 12.3. The van der Waals surface area contributed by atoms with E-state index in [2.05, 4.69) is 49.9 Å². The van der Waals surface area contributed by atoms with Crippen LogP contribution in [0.4, 0.5) is 5.69 Å². The first-order valence-corrected chi connectivity index (χ1v) is 11.6. The number of benzene rings is 2. The predicted octanol–water partition coefficient (Wildman–Crippen LogP) is 3.09. The van der Waals surface area contributed by atoms with Crippen LogP contribution in [0.3, 0.4) is 0 Å². The van der Waals surface area contributed by atoms with Crippen LogP contribution in [0.1, 0.15) is 22.5 Å². The third-order valence-electron chi connectivity index (χ3n) is 5.50. The van der Waals surface area contributed by atoms with Crippen molar-refractivity contribution in [3.8, 4) is 10.6 Å². The van der Waals surface area contributed by atoms with Gasteiger partial charge in [-0.15, -0.1) is 11.3 Å². The molecule has 1 aliphatic heterocycles. The molecule has 2 heterocycles. The number of hydrogen-bond donors (Lipinski definition) is 2. The van der Waals surface area contributed by atoms with E-state index in [1.807, 2.05) is 37.3 Å². The van der Waals surface area contributed by atoms with Gasteiger partial charge in [-0.3, -0.25) is 25.3 Å². The van der Waals surface area contributed by atoms with Gasteiger partial charge in [-0.25, -0.2) is 4.98 Å². The van der Waals surface area contributed by atoms with E-state index in [1.165, 1.54) is 22.6 Å². The van der Waals surface area contributed by atoms with Gasteiger partial charge in [0, 0.05) is 55.8 Å². The molecule has 4 rings (SSSR count). The summed E-state index contributed by atoms with van der Waals surface area (Å²) >= 11 is 1.40. The van der Waals surface area contributed by atoms with Gasteiger partial charge in [-0.1, -0.05) is 48.0 Å². The summed E-state index contributed by atoms with van der Waals surface area (Å²) in [6.45, 7) is 6.39. The van der Waals surface area contributed by atoms with Gasteiger partial charge in [0.1, 0.15) is 10.7 Å². The van der Waals surface area contributed by atoms with Crippen LogP contribution in [0.15, 0.2) is 60.0 Å². The number of aromatic nitrogens is 1. The Labute approximate surface area is 192 Å². The smallest absolute Gasteiger partial charge is 0.289 e. The first-order chi connectivity index (χ1) is 15.6. The van der Waals surface area contributed by atoms with Gasteiger partial charge in [0.05, 0.1) is 0 Å². The second-order valence-corrected chi connectivity index (χ2v) is 8.68. The Bertz CT molecular complexity index is 1040. The van der Waals surface area contributed by atoms with Crippen LogP contribution >= 0.6 is 11.3 Å². The number of rotatable bonds is 6. The van der Waals surface area contributed by atoms with E-state index in [0.717, 1.165) is 36.8 Å². The molecule has 7 nitrogen and oxygen atoms in total. The van der Waals surface area contributed by atoms with Gasteiger partial charge in [-0.2, -0.15) is 0 Å². The fourth-order valence-electron chi connectivity index (χ4n) is 3.59. The highest BCUT2D eigenvalue weighted by molar-refractivity contribution is 7.13. The highest BCUT2D eigenvalue weighted by Gasteiger charge is 2.18. The van der Waals surface area contributed by atoms with Crippen LogP contribution in [0.2, 0.25) is 0 Å². The van der Waals surface area contributed by atoms with Gasteiger partial charge in [0.2, 0.25) is 5.91 Å². The molecule has 0 saturated carbocycles. The topological polar surface area (TPSA) is 77.6 Å². The van der Waals surface area contributed by atoms with Crippen molar-refractivity contribution < 1.29 is 9.59 Å². The number of para-hydroxylation sites is 1. The van der Waals surface area contributed by atoms with Gasteiger partial charge >= 0.3 is 0 Å². The number of hydrazine groups is 1. The second kappa shape index (κ2) is 10.4. The fourth-order valence-corrected chi connectivity index (χ4v) is 4.39. The van der Waals surface area contributed by atoms with Crippen molar-refractivity contribution in [2.75, 3.05) is 37.6 Å². The van der Waals surface area contributed by atoms with E-state index in [-0.39, 0.29) is 5.91 Å². The molecular formula is C24H27N5O2S. The van der Waals surface area contributed by atoms with Crippen molar-refractivity contribution in [3.63, 3.8) is 0 Å². The molecule has 0 spiro atoms. The minimum atomic E-state index is -0.413. The summed E-state index contributed by atoms with van der Waals surface area (Å²) in [5, 5.41) is 2.47. The number of carbonyl (C=O) groups excluding carboxylic acids is 2. The maximum Gasteiger partial charge on any atom is 0.289 e. The molecule has 1 aliphatic rings. The molecule has 1 fully saturated rings. The predicted molar refractivity (Wildman–Crippen MR) is 128 cm³/mol. The Kier molecular flexibility index (Phi) is 7.14. The van der Waals surface area contributed by atoms with Crippen LogP contribution in [-0.2, 0) is 4.79 Å². The van der Waals surface area contributed by atoms with Crippen molar-refractivity contribution in [3.05, 3.63) is 71.2 Å². The lowest BCUT2D eigenvalue weighted by molar-refractivity contribution is -0.122. The summed E-state index contributed by atoms with van der Waals surface area (Å²) in [6, 6.07) is 18.4. The van der Waals surface area contributed by atoms with E-state index in [9.17, 15) is 9.59 Å². The normalized spacial score (nSPS) is 14.2. The molecule has 32 heavy (non-hydrogen) atoms. The number of aryl methyl sites for hydroxylation is 1. The van der Waals surface area contributed by atoms with Crippen LogP contribution in [0, 0.1) is 6.92 Å². The SMILES string of the molecule is Cc1ccc(-c2nc(C(=O)NNC(=O)CCN3CCN(c4ccccc4)CC3)cs2)cc1. The largest absolute Gasteiger partial charge is 0.369 e. The zero-order valence-electron chi connectivity index (χ0n) is 18.1. The molecule has 1 saturated heterocycles. The van der Waals surface area contributed by atoms with Gasteiger partial charge in [0.15, 0.2) is 0 Å². The summed E-state index contributed by atoms with van der Waals surface area (Å²) in [4.78, 5) is 33.5. The lowest BCUT2D eigenvalue weighted by Gasteiger charge is -2.36. The molecule has 0 unspecified atom stereocenters. The molecular weight excluding hydrogens is 422 g/mol. The summed E-state index contributed by atoms with van der Waals surface area (Å²) in [6.07, 6.45) is 0.331. The molecule has 2 aromatic carbocycles. The van der Waals surface area contributed by atoms with Crippen molar-refractivity contribution in [1.29, 1.82) is 0 Å². The molecule has 0 aliphatic carbocycles. The monoisotopic (exact) mass is 449 g/mol. The lowest BCUT2D eigenvalue weighted by atomic mass is 10.2. The van der Waals surface area contributed by atoms with E-state index in [4.69, 9.17) is 0 Å². The van der Waals surface area contributed by atoms with E-state index in [1.54, 1.807) is 5.38 Å². The highest BCUT2D eigenvalue weighted by atomic mass is 32.1. The Morgan fingerprint density at radius 1 is 0.969 bits per heavy atom. The van der Waals surface area contributed by atoms with Crippen molar-refractivity contribution in [2.45, 2.75) is 13.3 Å². The standard InChI is InChI=1S/C24H27N5O2S/c1-18-7-9-19(10-8-18)24-25-21(17-32-24)23(31)27-26-22(30)11-12-28-13-15-29(16-14-28)20-5-3-2-4-6-20/h2-10,17H,11-16H2,1H3,(H,26,30)(H,27,31). The van der Waals surface area contributed by atoms with Gasteiger partial charge < -0.3 is 4.90 Å². The van der Waals surface area contributed by atoms with Crippen LogP contribution in [0.5, 0.6) is 0 Å². The zero-order valence-corrected chi connectivity index (χ0v) is 18.9. The van der Waals surface area contributed by atoms with Gasteiger partial charge in [-0.05, 0) is 19.1 Å². The average Bonchev–Trinajstić information content (AvgIpc) is 3.33. The average molecular weight is 450 g/mol. The molecule has 8 heteroatoms. The maximum absolute atomic E-state index is 12.3. The van der Waals surface area contributed by atoms with Crippen LogP contribution in [-0.4, -0.2) is 54.4 Å². The number of piperazine rings is 1. The van der Waals surface area contributed by atoms with E-state index >= 15 is 0 Å². The van der Waals surface area contributed by atoms with Gasteiger partial charge in [0.25, 0.3) is 5.91 Å². The number of nitrogens with zero attached hydrogens (tertiary/aromatic N) is 3. The van der Waals surface area contributed by atoms with E-state index < -0.39 is 5.91 Å². The number of nitrogens with one attached hydrogen (secondary N) is 2. The Hall–Kier alpha value is -3.23. The Balaban J connectivity index is 1.18. The molecule has 0 radical (unpaired) electrons. The minimum absolute atomic E-state index is 0.210. The van der Waals surface area contributed by atoms with Crippen LogP contribution < -0.4 is 15.8 Å². The fraction of sp³-hybridized carbons (Fsp3) is 0.292. The molecule has 166 valence electrons. The second-order valence-electron chi connectivity index (χ2n) is 7.82.